The van der Waals surface area contributed by atoms with Crippen LogP contribution >= 0.6 is 0 Å². The molecule has 0 aliphatic heterocycles. The molecule has 0 unspecified atom stereocenters. The largest absolute Gasteiger partial charge is 0.489 e. The quantitative estimate of drug-likeness (QED) is 0.372. The Hall–Kier alpha value is -3.73. The molecule has 5 heteroatoms. The highest BCUT2D eigenvalue weighted by Crippen LogP contribution is 2.24. The number of hydrogen-bond acceptors (Lipinski definition) is 3. The maximum atomic E-state index is 12.2. The number of ether oxygens (including phenoxy) is 2. The molecule has 0 aliphatic rings. The molecular formula is C27H28N2O3. The fourth-order valence-electron chi connectivity index (χ4n) is 3.67. The zero-order valence-corrected chi connectivity index (χ0v) is 18.3. The number of benzene rings is 3. The third-order valence-corrected chi connectivity index (χ3v) is 5.42. The molecule has 4 aromatic rings. The first kappa shape index (κ1) is 21.5. The van der Waals surface area contributed by atoms with E-state index in [1.54, 1.807) is 0 Å². The van der Waals surface area contributed by atoms with Crippen molar-refractivity contribution in [3.63, 3.8) is 0 Å². The molecule has 0 aliphatic carbocycles. The number of rotatable bonds is 10. The minimum atomic E-state index is -0.118. The van der Waals surface area contributed by atoms with Crippen molar-refractivity contribution in [3.05, 3.63) is 95.7 Å². The van der Waals surface area contributed by atoms with Gasteiger partial charge in [-0.1, -0.05) is 55.5 Å². The molecule has 0 saturated carbocycles. The van der Waals surface area contributed by atoms with Crippen molar-refractivity contribution in [2.45, 2.75) is 26.4 Å². The lowest BCUT2D eigenvalue weighted by Crippen LogP contribution is -2.30. The average Bonchev–Trinajstić information content (AvgIpc) is 3.24. The highest BCUT2D eigenvalue weighted by molar-refractivity contribution is 5.84. The van der Waals surface area contributed by atoms with Crippen molar-refractivity contribution >= 4 is 16.8 Å². The van der Waals surface area contributed by atoms with Crippen molar-refractivity contribution in [2.24, 2.45) is 0 Å². The van der Waals surface area contributed by atoms with Gasteiger partial charge in [-0.2, -0.15) is 0 Å². The number of hydrogen-bond donors (Lipinski definition) is 2. The van der Waals surface area contributed by atoms with Crippen LogP contribution in [-0.4, -0.2) is 24.0 Å². The normalized spacial score (nSPS) is 10.8. The monoisotopic (exact) mass is 428 g/mol. The molecule has 0 fully saturated rings. The zero-order chi connectivity index (χ0) is 22.2. The number of carbonyl (C=O) groups is 1. The summed E-state index contributed by atoms with van der Waals surface area (Å²) in [6, 6.07) is 24.0. The van der Waals surface area contributed by atoms with Gasteiger partial charge in [-0.3, -0.25) is 4.79 Å². The van der Waals surface area contributed by atoms with Crippen LogP contribution in [0.3, 0.4) is 0 Å². The minimum absolute atomic E-state index is 0.0208. The Kier molecular flexibility index (Phi) is 7.08. The van der Waals surface area contributed by atoms with Crippen LogP contribution in [0.25, 0.3) is 10.9 Å². The standard InChI is InChI=1S/C27H28N2O3/c1-2-21-10-6-7-11-26(21)32-19-27(30)28-15-14-22-17-29-25-16-23(12-13-24(22)25)31-18-20-8-4-3-5-9-20/h3-13,16-17,29H,2,14-15,18-19H2,1H3,(H,28,30). The second kappa shape index (κ2) is 10.5. The average molecular weight is 429 g/mol. The van der Waals surface area contributed by atoms with E-state index in [1.165, 1.54) is 0 Å². The molecule has 0 bridgehead atoms. The number of carbonyl (C=O) groups excluding carboxylic acids is 1. The fourth-order valence-corrected chi connectivity index (χ4v) is 3.67. The number of aromatic amines is 1. The van der Waals surface area contributed by atoms with Gasteiger partial charge in [0, 0.05) is 29.7 Å². The minimum Gasteiger partial charge on any atom is -0.489 e. The molecule has 1 amide bonds. The van der Waals surface area contributed by atoms with E-state index in [2.05, 4.69) is 23.3 Å². The van der Waals surface area contributed by atoms with E-state index in [1.807, 2.05) is 72.9 Å². The second-order valence-corrected chi connectivity index (χ2v) is 7.65. The number of fused-ring (bicyclic) bond motifs is 1. The van der Waals surface area contributed by atoms with Crippen molar-refractivity contribution in [3.8, 4) is 11.5 Å². The third kappa shape index (κ3) is 5.49. The number of amides is 1. The Balaban J connectivity index is 1.26. The van der Waals surface area contributed by atoms with Gasteiger partial charge in [0.1, 0.15) is 18.1 Å². The molecule has 3 aromatic carbocycles. The molecule has 2 N–H and O–H groups in total. The van der Waals surface area contributed by atoms with Crippen LogP contribution in [0.4, 0.5) is 0 Å². The molecule has 32 heavy (non-hydrogen) atoms. The first-order valence-electron chi connectivity index (χ1n) is 11.0. The SMILES string of the molecule is CCc1ccccc1OCC(=O)NCCc1c[nH]c2cc(OCc3ccccc3)ccc12. The second-order valence-electron chi connectivity index (χ2n) is 7.65. The van der Waals surface area contributed by atoms with Crippen molar-refractivity contribution in [2.75, 3.05) is 13.2 Å². The number of H-pyrrole nitrogens is 1. The summed E-state index contributed by atoms with van der Waals surface area (Å²) in [5, 5.41) is 4.08. The maximum Gasteiger partial charge on any atom is 0.257 e. The molecule has 0 atom stereocenters. The molecule has 0 saturated heterocycles. The molecule has 1 aromatic heterocycles. The Morgan fingerprint density at radius 2 is 1.75 bits per heavy atom. The van der Waals surface area contributed by atoms with Crippen molar-refractivity contribution in [1.82, 2.24) is 10.3 Å². The first-order valence-corrected chi connectivity index (χ1v) is 11.0. The van der Waals surface area contributed by atoms with Crippen LogP contribution in [0, 0.1) is 0 Å². The summed E-state index contributed by atoms with van der Waals surface area (Å²) in [4.78, 5) is 15.5. The number of aromatic nitrogens is 1. The van der Waals surface area contributed by atoms with Gasteiger partial charge >= 0.3 is 0 Å². The van der Waals surface area contributed by atoms with E-state index in [-0.39, 0.29) is 12.5 Å². The molecule has 0 spiro atoms. The van der Waals surface area contributed by atoms with Gasteiger partial charge in [0.2, 0.25) is 0 Å². The van der Waals surface area contributed by atoms with Gasteiger partial charge in [0.05, 0.1) is 0 Å². The van der Waals surface area contributed by atoms with Gasteiger partial charge in [0.15, 0.2) is 6.61 Å². The molecular weight excluding hydrogens is 400 g/mol. The Labute approximate surface area is 188 Å². The van der Waals surface area contributed by atoms with E-state index in [4.69, 9.17) is 9.47 Å². The van der Waals surface area contributed by atoms with Crippen LogP contribution in [0.1, 0.15) is 23.6 Å². The van der Waals surface area contributed by atoms with Crippen LogP contribution in [-0.2, 0) is 24.2 Å². The van der Waals surface area contributed by atoms with E-state index in [0.29, 0.717) is 13.2 Å². The number of nitrogens with one attached hydrogen (secondary N) is 2. The zero-order valence-electron chi connectivity index (χ0n) is 18.3. The summed E-state index contributed by atoms with van der Waals surface area (Å²) >= 11 is 0. The van der Waals surface area contributed by atoms with Gasteiger partial charge in [-0.05, 0) is 47.7 Å². The van der Waals surface area contributed by atoms with Crippen LogP contribution in [0.15, 0.2) is 79.0 Å². The van der Waals surface area contributed by atoms with Crippen molar-refractivity contribution in [1.29, 1.82) is 0 Å². The topological polar surface area (TPSA) is 63.3 Å². The highest BCUT2D eigenvalue weighted by atomic mass is 16.5. The van der Waals surface area contributed by atoms with Gasteiger partial charge in [-0.25, -0.2) is 0 Å². The molecule has 164 valence electrons. The van der Waals surface area contributed by atoms with E-state index in [9.17, 15) is 4.79 Å². The van der Waals surface area contributed by atoms with E-state index >= 15 is 0 Å². The van der Waals surface area contributed by atoms with Gasteiger partial charge in [-0.15, -0.1) is 0 Å². The highest BCUT2D eigenvalue weighted by Gasteiger charge is 2.08. The van der Waals surface area contributed by atoms with Gasteiger partial charge < -0.3 is 19.8 Å². The lowest BCUT2D eigenvalue weighted by atomic mass is 10.1. The summed E-state index contributed by atoms with van der Waals surface area (Å²) < 4.78 is 11.6. The van der Waals surface area contributed by atoms with E-state index in [0.717, 1.165) is 51.9 Å². The molecule has 4 rings (SSSR count). The summed E-state index contributed by atoms with van der Waals surface area (Å²) in [6.07, 6.45) is 3.60. The lowest BCUT2D eigenvalue weighted by Gasteiger charge is -2.10. The number of para-hydroxylation sites is 1. The molecule has 0 radical (unpaired) electrons. The predicted octanol–water partition coefficient (Wildman–Crippen LogP) is 5.05. The summed E-state index contributed by atoms with van der Waals surface area (Å²) in [7, 11) is 0. The number of aryl methyl sites for hydroxylation is 1. The summed E-state index contributed by atoms with van der Waals surface area (Å²) in [5.41, 5.74) is 4.42. The van der Waals surface area contributed by atoms with Crippen LogP contribution in [0.5, 0.6) is 11.5 Å². The Bertz CT molecular complexity index is 1170. The Morgan fingerprint density at radius 1 is 0.938 bits per heavy atom. The first-order chi connectivity index (χ1) is 15.7. The summed E-state index contributed by atoms with van der Waals surface area (Å²) in [6.45, 7) is 3.18. The fraction of sp³-hybridized carbons (Fsp3) is 0.222. The van der Waals surface area contributed by atoms with Crippen molar-refractivity contribution < 1.29 is 14.3 Å². The smallest absolute Gasteiger partial charge is 0.257 e. The Morgan fingerprint density at radius 3 is 2.59 bits per heavy atom. The van der Waals surface area contributed by atoms with Gasteiger partial charge in [0.25, 0.3) is 5.91 Å². The molecule has 5 nitrogen and oxygen atoms in total. The van der Waals surface area contributed by atoms with Crippen LogP contribution in [0.2, 0.25) is 0 Å². The predicted molar refractivity (Wildman–Crippen MR) is 127 cm³/mol. The van der Waals surface area contributed by atoms with E-state index < -0.39 is 0 Å². The lowest BCUT2D eigenvalue weighted by molar-refractivity contribution is -0.123. The maximum absolute atomic E-state index is 12.2. The molecule has 1 heterocycles. The van der Waals surface area contributed by atoms with Crippen LogP contribution < -0.4 is 14.8 Å². The third-order valence-electron chi connectivity index (χ3n) is 5.42. The summed E-state index contributed by atoms with van der Waals surface area (Å²) in [5.74, 6) is 1.48.